The van der Waals surface area contributed by atoms with Crippen molar-refractivity contribution in [1.82, 2.24) is 14.5 Å². The molecule has 3 rings (SSSR count). The largest absolute Gasteiger partial charge is 0.394 e. The van der Waals surface area contributed by atoms with E-state index in [1.165, 1.54) is 17.1 Å². The molecule has 0 bridgehead atoms. The summed E-state index contributed by atoms with van der Waals surface area (Å²) in [6.45, 7) is -0.539. The number of terminal acetylenes is 1. The van der Waals surface area contributed by atoms with Crippen LogP contribution in [0.5, 0.6) is 0 Å². The number of fused-ring (bicyclic) bond motifs is 1. The molecule has 0 saturated carbocycles. The predicted molar refractivity (Wildman–Crippen MR) is 77.4 cm³/mol. The minimum Gasteiger partial charge on any atom is -0.394 e. The van der Waals surface area contributed by atoms with Crippen molar-refractivity contribution in [3.63, 3.8) is 0 Å². The minimum absolute atomic E-state index is 0.0896. The highest BCUT2D eigenvalue weighted by Crippen LogP contribution is 2.40. The van der Waals surface area contributed by atoms with Gasteiger partial charge in [0.15, 0.2) is 11.8 Å². The zero-order valence-electron chi connectivity index (χ0n) is 11.8. The lowest BCUT2D eigenvalue weighted by Crippen LogP contribution is -2.45. The van der Waals surface area contributed by atoms with Gasteiger partial charge in [-0.05, 0) is 0 Å². The van der Waals surface area contributed by atoms with Gasteiger partial charge in [0.05, 0.1) is 17.6 Å². The molecule has 5 N–H and O–H groups in total. The van der Waals surface area contributed by atoms with Gasteiger partial charge < -0.3 is 30.4 Å². The molecule has 0 aromatic carbocycles. The predicted octanol–water partition coefficient (Wildman–Crippen LogP) is -1.50. The van der Waals surface area contributed by atoms with E-state index in [4.69, 9.17) is 16.9 Å². The third kappa shape index (κ3) is 1.96. The summed E-state index contributed by atoms with van der Waals surface area (Å²) in [5, 5.41) is 39.5. The van der Waals surface area contributed by atoms with Crippen molar-refractivity contribution in [2.75, 3.05) is 12.3 Å². The van der Waals surface area contributed by atoms with Crippen molar-refractivity contribution in [2.24, 2.45) is 0 Å². The minimum atomic E-state index is -2.11. The van der Waals surface area contributed by atoms with Gasteiger partial charge in [0.1, 0.15) is 36.1 Å². The quantitative estimate of drug-likeness (QED) is 0.489. The van der Waals surface area contributed by atoms with E-state index in [9.17, 15) is 20.6 Å². The fraction of sp³-hybridized carbons (Fsp3) is 0.357. The molecule has 1 aliphatic heterocycles. The third-order valence-electron chi connectivity index (χ3n) is 3.91. The number of ether oxygens (including phenoxy) is 1. The average molecular weight is 315 g/mol. The van der Waals surface area contributed by atoms with E-state index in [0.29, 0.717) is 5.39 Å². The Morgan fingerprint density at radius 3 is 2.87 bits per heavy atom. The first-order valence-corrected chi connectivity index (χ1v) is 6.63. The lowest BCUT2D eigenvalue weighted by atomic mass is 9.95. The van der Waals surface area contributed by atoms with E-state index >= 15 is 0 Å². The summed E-state index contributed by atoms with van der Waals surface area (Å²) in [5.41, 5.74) is 4.06. The maximum absolute atomic E-state index is 10.6. The van der Waals surface area contributed by atoms with E-state index in [1.54, 1.807) is 0 Å². The lowest BCUT2D eigenvalue weighted by molar-refractivity contribution is -0.0718. The summed E-state index contributed by atoms with van der Waals surface area (Å²) in [7, 11) is 0. The van der Waals surface area contributed by atoms with Gasteiger partial charge in [-0.25, -0.2) is 9.97 Å². The van der Waals surface area contributed by atoms with E-state index in [2.05, 4.69) is 15.9 Å². The molecule has 4 atom stereocenters. The first-order valence-electron chi connectivity index (χ1n) is 6.63. The van der Waals surface area contributed by atoms with Crippen LogP contribution >= 0.6 is 0 Å². The van der Waals surface area contributed by atoms with Gasteiger partial charge in [0, 0.05) is 6.20 Å². The molecule has 2 aromatic heterocycles. The number of rotatable bonds is 2. The number of nitrogens with two attached hydrogens (primary N) is 1. The van der Waals surface area contributed by atoms with E-state index in [1.807, 2.05) is 6.07 Å². The second-order valence-electron chi connectivity index (χ2n) is 5.14. The Balaban J connectivity index is 2.24. The standard InChI is InChI=1S/C14H13N5O4/c1-2-14(22)10(21)8(5-20)23-13(14)19-4-7(3-15)9-11(16)17-6-18-12(9)19/h1,4,6,8,10,13,20-22H,5H2,(H2,16,17,18)/t8-,10-,13-,14+/m1/s1. The van der Waals surface area contributed by atoms with Gasteiger partial charge in [-0.3, -0.25) is 0 Å². The molecule has 2 aromatic rings. The molecule has 0 radical (unpaired) electrons. The highest BCUT2D eigenvalue weighted by Gasteiger charge is 2.55. The van der Waals surface area contributed by atoms with Gasteiger partial charge in [-0.2, -0.15) is 5.26 Å². The second-order valence-corrected chi connectivity index (χ2v) is 5.14. The van der Waals surface area contributed by atoms with Crippen molar-refractivity contribution < 1.29 is 20.1 Å². The highest BCUT2D eigenvalue weighted by molar-refractivity contribution is 5.92. The molecular formula is C14H13N5O4. The molecule has 3 heterocycles. The zero-order chi connectivity index (χ0) is 16.8. The van der Waals surface area contributed by atoms with Gasteiger partial charge in [-0.15, -0.1) is 6.42 Å². The van der Waals surface area contributed by atoms with Gasteiger partial charge in [-0.1, -0.05) is 5.92 Å². The maximum atomic E-state index is 10.6. The maximum Gasteiger partial charge on any atom is 0.199 e. The summed E-state index contributed by atoms with van der Waals surface area (Å²) in [5.74, 6) is 2.19. The Kier molecular flexibility index (Phi) is 3.43. The molecule has 9 nitrogen and oxygen atoms in total. The Morgan fingerprint density at radius 1 is 1.52 bits per heavy atom. The third-order valence-corrected chi connectivity index (χ3v) is 3.91. The fourth-order valence-electron chi connectivity index (χ4n) is 2.72. The SMILES string of the molecule is C#C[C@]1(O)[C@H](O)[C@@H](CO)O[C@H]1n1cc(C#N)c2c(N)ncnc21. The van der Waals surface area contributed by atoms with Gasteiger partial charge in [0.25, 0.3) is 0 Å². The van der Waals surface area contributed by atoms with Crippen LogP contribution in [0.2, 0.25) is 0 Å². The summed E-state index contributed by atoms with van der Waals surface area (Å²) < 4.78 is 6.79. The number of nitriles is 1. The summed E-state index contributed by atoms with van der Waals surface area (Å²) in [4.78, 5) is 7.88. The van der Waals surface area contributed by atoms with E-state index in [-0.39, 0.29) is 17.0 Å². The zero-order valence-corrected chi connectivity index (χ0v) is 11.8. The smallest absolute Gasteiger partial charge is 0.199 e. The number of nitrogens with zero attached hydrogens (tertiary/aromatic N) is 4. The molecule has 1 saturated heterocycles. The number of nitrogen functional groups attached to an aromatic ring is 1. The molecule has 0 unspecified atom stereocenters. The topological polar surface area (TPSA) is 150 Å². The van der Waals surface area contributed by atoms with Crippen LogP contribution in [-0.4, -0.2) is 54.3 Å². The van der Waals surface area contributed by atoms with Gasteiger partial charge in [0.2, 0.25) is 0 Å². The fourth-order valence-corrected chi connectivity index (χ4v) is 2.72. The van der Waals surface area contributed by atoms with Crippen molar-refractivity contribution in [1.29, 1.82) is 5.26 Å². The Bertz CT molecular complexity index is 851. The van der Waals surface area contributed by atoms with Gasteiger partial charge >= 0.3 is 0 Å². The number of aromatic nitrogens is 3. The summed E-state index contributed by atoms with van der Waals surface area (Å²) in [6.07, 6.45) is 4.07. The van der Waals surface area contributed by atoms with Crippen LogP contribution in [0.1, 0.15) is 11.8 Å². The molecule has 0 spiro atoms. The van der Waals surface area contributed by atoms with Crippen molar-refractivity contribution >= 4 is 16.9 Å². The second kappa shape index (κ2) is 5.19. The van der Waals surface area contributed by atoms with Crippen LogP contribution in [0.15, 0.2) is 12.5 Å². The first-order chi connectivity index (χ1) is 11.0. The van der Waals surface area contributed by atoms with Crippen LogP contribution in [0.25, 0.3) is 11.0 Å². The molecule has 1 aliphatic rings. The number of hydrogen-bond donors (Lipinski definition) is 4. The molecular weight excluding hydrogens is 302 g/mol. The first kappa shape index (κ1) is 15.2. The molecule has 118 valence electrons. The molecule has 9 heteroatoms. The normalized spacial score (nSPS) is 30.2. The Labute approximate surface area is 130 Å². The Morgan fingerprint density at radius 2 is 2.26 bits per heavy atom. The molecule has 0 amide bonds. The molecule has 23 heavy (non-hydrogen) atoms. The van der Waals surface area contributed by atoms with Crippen molar-refractivity contribution in [3.05, 3.63) is 18.1 Å². The highest BCUT2D eigenvalue weighted by atomic mass is 16.6. The van der Waals surface area contributed by atoms with E-state index in [0.717, 1.165) is 0 Å². The number of hydrogen-bond acceptors (Lipinski definition) is 8. The number of aliphatic hydroxyl groups is 3. The molecule has 1 fully saturated rings. The van der Waals surface area contributed by atoms with Crippen LogP contribution in [0, 0.1) is 23.7 Å². The van der Waals surface area contributed by atoms with Crippen LogP contribution in [-0.2, 0) is 4.74 Å². The van der Waals surface area contributed by atoms with Crippen molar-refractivity contribution in [2.45, 2.75) is 24.0 Å². The van der Waals surface area contributed by atoms with Crippen LogP contribution in [0.4, 0.5) is 5.82 Å². The Hall–Kier alpha value is -2.69. The molecule has 0 aliphatic carbocycles. The monoisotopic (exact) mass is 315 g/mol. The number of anilines is 1. The summed E-state index contributed by atoms with van der Waals surface area (Å²) >= 11 is 0. The lowest BCUT2D eigenvalue weighted by Gasteiger charge is -2.26. The average Bonchev–Trinajstić information content (AvgIpc) is 3.05. The number of aliphatic hydroxyl groups excluding tert-OH is 2. The summed E-state index contributed by atoms with van der Waals surface area (Å²) in [6, 6.07) is 1.95. The van der Waals surface area contributed by atoms with Crippen molar-refractivity contribution in [3.8, 4) is 18.4 Å². The van der Waals surface area contributed by atoms with Crippen LogP contribution < -0.4 is 5.73 Å². The van der Waals surface area contributed by atoms with Crippen LogP contribution in [0.3, 0.4) is 0 Å². The van der Waals surface area contributed by atoms with E-state index < -0.39 is 30.6 Å².